The molecule has 19 heavy (non-hydrogen) atoms. The molecule has 104 valence electrons. The molecule has 0 atom stereocenters. The quantitative estimate of drug-likeness (QED) is 0.846. The predicted molar refractivity (Wildman–Crippen MR) is 74.6 cm³/mol. The van der Waals surface area contributed by atoms with Gasteiger partial charge in [0.2, 0.25) is 0 Å². The fourth-order valence-corrected chi connectivity index (χ4v) is 2.63. The molecule has 0 saturated heterocycles. The van der Waals surface area contributed by atoms with Gasteiger partial charge in [-0.25, -0.2) is 0 Å². The van der Waals surface area contributed by atoms with E-state index in [0.717, 1.165) is 19.3 Å². The Kier molecular flexibility index (Phi) is 4.25. The van der Waals surface area contributed by atoms with Gasteiger partial charge in [-0.15, -0.1) is 0 Å². The fraction of sp³-hybridized carbons (Fsp3) is 0.562. The highest BCUT2D eigenvalue weighted by molar-refractivity contribution is 6.04. The monoisotopic (exact) mass is 262 g/mol. The van der Waals surface area contributed by atoms with Crippen LogP contribution in [0.5, 0.6) is 5.75 Å². The molecule has 0 aliphatic heterocycles. The summed E-state index contributed by atoms with van der Waals surface area (Å²) < 4.78 is 5.67. The van der Waals surface area contributed by atoms with Gasteiger partial charge in [0.15, 0.2) is 5.78 Å². The van der Waals surface area contributed by atoms with Crippen molar-refractivity contribution in [3.63, 3.8) is 0 Å². The fourth-order valence-electron chi connectivity index (χ4n) is 2.63. The Labute approximate surface area is 114 Å². The minimum absolute atomic E-state index is 0.00921. The first-order valence-electron chi connectivity index (χ1n) is 7.06. The molecule has 0 heterocycles. The van der Waals surface area contributed by atoms with Gasteiger partial charge in [0.1, 0.15) is 11.4 Å². The van der Waals surface area contributed by atoms with E-state index < -0.39 is 5.60 Å². The van der Waals surface area contributed by atoms with Crippen molar-refractivity contribution in [1.29, 1.82) is 0 Å². The van der Waals surface area contributed by atoms with E-state index in [0.29, 0.717) is 24.2 Å². The molecule has 3 heteroatoms. The van der Waals surface area contributed by atoms with Crippen molar-refractivity contribution in [2.75, 3.05) is 0 Å². The summed E-state index contributed by atoms with van der Waals surface area (Å²) in [5.74, 6) is 0.380. The Morgan fingerprint density at radius 2 is 1.84 bits per heavy atom. The summed E-state index contributed by atoms with van der Waals surface area (Å²) in [6, 6.07) is 7.19. The van der Waals surface area contributed by atoms with Gasteiger partial charge in [-0.1, -0.05) is 31.4 Å². The summed E-state index contributed by atoms with van der Waals surface area (Å²) in [5, 5.41) is 10.5. The lowest BCUT2D eigenvalue weighted by Crippen LogP contribution is -2.40. The summed E-state index contributed by atoms with van der Waals surface area (Å²) >= 11 is 0. The number of carbonyl (C=O) groups is 1. The Balaban J connectivity index is 2.27. The van der Waals surface area contributed by atoms with E-state index >= 15 is 0 Å². The lowest BCUT2D eigenvalue weighted by molar-refractivity contribution is 0.0112. The molecule has 1 aliphatic carbocycles. The van der Waals surface area contributed by atoms with E-state index in [4.69, 9.17) is 4.74 Å². The summed E-state index contributed by atoms with van der Waals surface area (Å²) in [6.45, 7) is 3.85. The second kappa shape index (κ2) is 5.74. The van der Waals surface area contributed by atoms with Gasteiger partial charge >= 0.3 is 0 Å². The van der Waals surface area contributed by atoms with E-state index in [1.54, 1.807) is 12.1 Å². The second-order valence-electron chi connectivity index (χ2n) is 5.58. The average Bonchev–Trinajstić information content (AvgIpc) is 2.39. The first kappa shape index (κ1) is 14.1. The van der Waals surface area contributed by atoms with Crippen LogP contribution in [-0.2, 0) is 0 Å². The van der Waals surface area contributed by atoms with E-state index in [9.17, 15) is 9.90 Å². The van der Waals surface area contributed by atoms with Gasteiger partial charge < -0.3 is 9.84 Å². The van der Waals surface area contributed by atoms with Crippen LogP contribution in [0.15, 0.2) is 24.3 Å². The van der Waals surface area contributed by atoms with Crippen molar-refractivity contribution in [3.8, 4) is 5.75 Å². The first-order chi connectivity index (χ1) is 9.03. The zero-order chi connectivity index (χ0) is 13.9. The molecule has 1 N–H and O–H groups in total. The molecule has 0 aromatic heterocycles. The van der Waals surface area contributed by atoms with Crippen molar-refractivity contribution in [1.82, 2.24) is 0 Å². The van der Waals surface area contributed by atoms with Crippen LogP contribution >= 0.6 is 0 Å². The summed E-state index contributed by atoms with van der Waals surface area (Å²) in [6.07, 6.45) is 4.05. The largest absolute Gasteiger partial charge is 0.490 e. The van der Waals surface area contributed by atoms with Crippen molar-refractivity contribution < 1.29 is 14.6 Å². The SMILES string of the molecule is CC(C)Oc1ccccc1C(=O)C1(O)CCCCC1. The normalized spacial score (nSPS) is 18.3. The molecular weight excluding hydrogens is 240 g/mol. The van der Waals surface area contributed by atoms with Crippen molar-refractivity contribution in [2.45, 2.75) is 57.7 Å². The van der Waals surface area contributed by atoms with Gasteiger partial charge in [0.25, 0.3) is 0 Å². The lowest BCUT2D eigenvalue weighted by Gasteiger charge is -2.31. The molecule has 2 rings (SSSR count). The third-order valence-electron chi connectivity index (χ3n) is 3.60. The third-order valence-corrected chi connectivity index (χ3v) is 3.60. The predicted octanol–water partition coefficient (Wildman–Crippen LogP) is 3.35. The molecular formula is C16H22O3. The molecule has 0 radical (unpaired) electrons. The number of para-hydroxylation sites is 1. The molecule has 1 aromatic carbocycles. The van der Waals surface area contributed by atoms with Crippen molar-refractivity contribution in [2.24, 2.45) is 0 Å². The standard InChI is InChI=1S/C16H22O3/c1-12(2)19-14-9-5-4-8-13(14)15(17)16(18)10-6-3-7-11-16/h4-5,8-9,12,18H,3,6-7,10-11H2,1-2H3. The molecule has 0 bridgehead atoms. The zero-order valence-corrected chi connectivity index (χ0v) is 11.7. The maximum atomic E-state index is 12.6. The van der Waals surface area contributed by atoms with Gasteiger partial charge in [-0.3, -0.25) is 4.79 Å². The second-order valence-corrected chi connectivity index (χ2v) is 5.58. The van der Waals surface area contributed by atoms with Gasteiger partial charge in [-0.2, -0.15) is 0 Å². The highest BCUT2D eigenvalue weighted by atomic mass is 16.5. The minimum Gasteiger partial charge on any atom is -0.490 e. The lowest BCUT2D eigenvalue weighted by atomic mass is 9.79. The Hall–Kier alpha value is -1.35. The van der Waals surface area contributed by atoms with E-state index in [1.165, 1.54) is 0 Å². The molecule has 1 aliphatic rings. The maximum absolute atomic E-state index is 12.6. The number of aliphatic hydroxyl groups is 1. The number of hydrogen-bond donors (Lipinski definition) is 1. The average molecular weight is 262 g/mol. The van der Waals surface area contributed by atoms with Crippen LogP contribution in [0.25, 0.3) is 0 Å². The highest BCUT2D eigenvalue weighted by Gasteiger charge is 2.38. The minimum atomic E-state index is -1.20. The van der Waals surface area contributed by atoms with E-state index in [2.05, 4.69) is 0 Å². The Morgan fingerprint density at radius 1 is 1.21 bits per heavy atom. The molecule has 3 nitrogen and oxygen atoms in total. The molecule has 1 fully saturated rings. The van der Waals surface area contributed by atoms with Crippen molar-refractivity contribution >= 4 is 5.78 Å². The number of ether oxygens (including phenoxy) is 1. The van der Waals surface area contributed by atoms with Gasteiger partial charge in [0.05, 0.1) is 11.7 Å². The van der Waals surface area contributed by atoms with Crippen LogP contribution in [0.4, 0.5) is 0 Å². The summed E-state index contributed by atoms with van der Waals surface area (Å²) in [7, 11) is 0. The number of Topliss-reactive ketones (excluding diaryl/α,β-unsaturated/α-hetero) is 1. The number of carbonyl (C=O) groups excluding carboxylic acids is 1. The van der Waals surface area contributed by atoms with Crippen LogP contribution in [0.2, 0.25) is 0 Å². The Morgan fingerprint density at radius 3 is 2.47 bits per heavy atom. The molecule has 1 saturated carbocycles. The van der Waals surface area contributed by atoms with Crippen LogP contribution < -0.4 is 4.74 Å². The summed E-state index contributed by atoms with van der Waals surface area (Å²) in [4.78, 5) is 12.6. The van der Waals surface area contributed by atoms with Crippen molar-refractivity contribution in [3.05, 3.63) is 29.8 Å². The number of ketones is 1. The van der Waals surface area contributed by atoms with Crippen LogP contribution in [0.1, 0.15) is 56.3 Å². The molecule has 0 amide bonds. The van der Waals surface area contributed by atoms with E-state index in [1.807, 2.05) is 26.0 Å². The van der Waals surface area contributed by atoms with Crippen LogP contribution in [0.3, 0.4) is 0 Å². The third kappa shape index (κ3) is 3.16. The highest BCUT2D eigenvalue weighted by Crippen LogP contribution is 2.33. The van der Waals surface area contributed by atoms with Gasteiger partial charge in [0, 0.05) is 0 Å². The Bertz CT molecular complexity index is 445. The van der Waals surface area contributed by atoms with Crippen LogP contribution in [0, 0.1) is 0 Å². The first-order valence-corrected chi connectivity index (χ1v) is 7.06. The smallest absolute Gasteiger partial charge is 0.198 e. The number of rotatable bonds is 4. The topological polar surface area (TPSA) is 46.5 Å². The molecule has 0 spiro atoms. The zero-order valence-electron chi connectivity index (χ0n) is 11.7. The van der Waals surface area contributed by atoms with Crippen LogP contribution in [-0.4, -0.2) is 22.6 Å². The number of hydrogen-bond acceptors (Lipinski definition) is 3. The number of benzene rings is 1. The summed E-state index contributed by atoms with van der Waals surface area (Å²) in [5.41, 5.74) is -0.699. The van der Waals surface area contributed by atoms with E-state index in [-0.39, 0.29) is 11.9 Å². The maximum Gasteiger partial charge on any atom is 0.198 e. The molecule has 0 unspecified atom stereocenters. The van der Waals surface area contributed by atoms with Gasteiger partial charge in [-0.05, 0) is 38.8 Å². The molecule has 1 aromatic rings.